The Balaban J connectivity index is 2.19. The third kappa shape index (κ3) is 4.56. The first-order valence-corrected chi connectivity index (χ1v) is 1.50. The molecule has 0 saturated carbocycles. The molecule has 0 bridgehead atoms. The second kappa shape index (κ2) is 4.56. The molecule has 0 heterocycles. The van der Waals surface area contributed by atoms with Gasteiger partial charge in [0.1, 0.15) is 0 Å². The normalized spacial score (nSPS) is 7.60. The second-order valence-corrected chi connectivity index (χ2v) is 0.773. The van der Waals surface area contributed by atoms with E-state index in [1.807, 2.05) is 0 Å². The Kier molecular flexibility index (Phi) is 5.08. The molecule has 0 aromatic heterocycles. The van der Waals surface area contributed by atoms with E-state index in [4.69, 9.17) is 0 Å². The SMILES string of the molecule is ClOBOCl. The molecule has 5 heteroatoms. The summed E-state index contributed by atoms with van der Waals surface area (Å²) in [5.41, 5.74) is 0. The second-order valence-electron chi connectivity index (χ2n) is 0.336. The largest absolute Gasteiger partial charge is 0.474 e. The number of hydrogen-bond donors (Lipinski definition) is 0. The highest BCUT2D eigenvalue weighted by Gasteiger charge is 1.79. The molecule has 0 aliphatic carbocycles. The van der Waals surface area contributed by atoms with Crippen molar-refractivity contribution in [3.05, 3.63) is 0 Å². The Labute approximate surface area is 40.6 Å². The maximum Gasteiger partial charge on any atom is 0.474 e. The lowest BCUT2D eigenvalue weighted by molar-refractivity contribution is 0.517. The summed E-state index contributed by atoms with van der Waals surface area (Å²) in [7, 11) is -0.0802. The number of hydrogen-bond acceptors (Lipinski definition) is 2. The van der Waals surface area contributed by atoms with Crippen molar-refractivity contribution in [1.82, 2.24) is 0 Å². The van der Waals surface area contributed by atoms with Crippen LogP contribution >= 0.6 is 23.7 Å². The molecule has 0 amide bonds. The van der Waals surface area contributed by atoms with E-state index in [1.54, 1.807) is 0 Å². The number of halogens is 2. The molecular formula is HBCl2O2. The van der Waals surface area contributed by atoms with Gasteiger partial charge in [-0.15, -0.1) is 0 Å². The van der Waals surface area contributed by atoms with Crippen LogP contribution in [0.4, 0.5) is 0 Å². The van der Waals surface area contributed by atoms with Crippen LogP contribution in [-0.2, 0) is 8.41 Å². The molecule has 0 aromatic carbocycles. The van der Waals surface area contributed by atoms with Gasteiger partial charge in [-0.25, -0.2) is 0 Å². The van der Waals surface area contributed by atoms with Crippen LogP contribution in [0.25, 0.3) is 0 Å². The minimum Gasteiger partial charge on any atom is -0.309 e. The van der Waals surface area contributed by atoms with Crippen molar-refractivity contribution in [3.63, 3.8) is 0 Å². The van der Waals surface area contributed by atoms with Gasteiger partial charge in [0, 0.05) is 23.7 Å². The van der Waals surface area contributed by atoms with Gasteiger partial charge < -0.3 is 8.41 Å². The van der Waals surface area contributed by atoms with Crippen molar-refractivity contribution in [2.75, 3.05) is 0 Å². The highest BCUT2D eigenvalue weighted by atomic mass is 35.5. The van der Waals surface area contributed by atoms with E-state index in [0.29, 0.717) is 0 Å². The van der Waals surface area contributed by atoms with Gasteiger partial charge in [-0.1, -0.05) is 0 Å². The van der Waals surface area contributed by atoms with E-state index in [9.17, 15) is 0 Å². The van der Waals surface area contributed by atoms with E-state index in [-0.39, 0.29) is 7.69 Å². The Morgan fingerprint density at radius 2 is 1.60 bits per heavy atom. The molecule has 0 spiro atoms. The van der Waals surface area contributed by atoms with Crippen molar-refractivity contribution in [3.8, 4) is 0 Å². The lowest BCUT2D eigenvalue weighted by atomic mass is 10.4. The predicted octanol–water partition coefficient (Wildman–Crippen LogP) is 0.594. The van der Waals surface area contributed by atoms with Crippen LogP contribution in [0.1, 0.15) is 0 Å². The van der Waals surface area contributed by atoms with Gasteiger partial charge in [0.2, 0.25) is 0 Å². The van der Waals surface area contributed by atoms with Gasteiger partial charge in [0.05, 0.1) is 0 Å². The average Bonchev–Trinajstić information content (AvgIpc) is 1.41. The van der Waals surface area contributed by atoms with Crippen LogP contribution in [0, 0.1) is 0 Å². The summed E-state index contributed by atoms with van der Waals surface area (Å²) < 4.78 is 7.62. The predicted molar refractivity (Wildman–Crippen MR) is 21.0 cm³/mol. The standard InChI is InChI=1S/BCl2HO2/c2-4-1-5-3/h1H. The van der Waals surface area contributed by atoms with Crippen LogP contribution in [0.2, 0.25) is 0 Å². The average molecular weight is 115 g/mol. The number of rotatable bonds is 2. The molecule has 0 saturated heterocycles. The summed E-state index contributed by atoms with van der Waals surface area (Å²) in [5.74, 6) is 0. The third-order valence-electron chi connectivity index (χ3n) is 0.0891. The van der Waals surface area contributed by atoms with Crippen LogP contribution in [-0.4, -0.2) is 7.69 Å². The zero-order chi connectivity index (χ0) is 4.12. The lowest BCUT2D eigenvalue weighted by Gasteiger charge is -1.76. The smallest absolute Gasteiger partial charge is 0.309 e. The molecule has 0 atom stereocenters. The zero-order valence-electron chi connectivity index (χ0n) is 2.28. The summed E-state index contributed by atoms with van der Waals surface area (Å²) >= 11 is 9.18. The molecule has 0 aliphatic heterocycles. The fraction of sp³-hybridized carbons (Fsp3) is 0. The van der Waals surface area contributed by atoms with Crippen molar-refractivity contribution in [1.29, 1.82) is 0 Å². The van der Waals surface area contributed by atoms with E-state index in [0.717, 1.165) is 0 Å². The Morgan fingerprint density at radius 3 is 1.60 bits per heavy atom. The van der Waals surface area contributed by atoms with Crippen LogP contribution in [0.15, 0.2) is 0 Å². The fourth-order valence-corrected chi connectivity index (χ4v) is 0.152. The van der Waals surface area contributed by atoms with Crippen molar-refractivity contribution in [2.45, 2.75) is 0 Å². The molecule has 30 valence electrons. The molecule has 2 nitrogen and oxygen atoms in total. The molecule has 0 rings (SSSR count). The minimum atomic E-state index is -0.0802. The van der Waals surface area contributed by atoms with Gasteiger partial charge in [-0.05, 0) is 0 Å². The maximum atomic E-state index is 4.59. The Bertz CT molecular complexity index is 15.1. The first-order valence-electron chi connectivity index (χ1n) is 0.886. The van der Waals surface area contributed by atoms with E-state index >= 15 is 0 Å². The molecule has 0 fully saturated rings. The van der Waals surface area contributed by atoms with Crippen molar-refractivity contribution < 1.29 is 8.41 Å². The quantitative estimate of drug-likeness (QED) is 0.490. The molecular weight excluding hydrogens is 114 g/mol. The van der Waals surface area contributed by atoms with Gasteiger partial charge in [0.25, 0.3) is 0 Å². The molecule has 0 aromatic rings. The van der Waals surface area contributed by atoms with Gasteiger partial charge in [-0.2, -0.15) is 0 Å². The zero-order valence-corrected chi connectivity index (χ0v) is 3.79. The minimum absolute atomic E-state index is 0.0802. The molecule has 0 N–H and O–H groups in total. The maximum absolute atomic E-state index is 4.59. The summed E-state index contributed by atoms with van der Waals surface area (Å²) in [4.78, 5) is 0. The summed E-state index contributed by atoms with van der Waals surface area (Å²) in [6.07, 6.45) is 0. The first kappa shape index (κ1) is 5.56. The van der Waals surface area contributed by atoms with Gasteiger partial charge >= 0.3 is 7.69 Å². The summed E-state index contributed by atoms with van der Waals surface area (Å²) in [6.45, 7) is 0. The summed E-state index contributed by atoms with van der Waals surface area (Å²) in [6, 6.07) is 0. The van der Waals surface area contributed by atoms with E-state index in [1.165, 1.54) is 0 Å². The van der Waals surface area contributed by atoms with Gasteiger partial charge in [0.15, 0.2) is 0 Å². The van der Waals surface area contributed by atoms with E-state index in [2.05, 4.69) is 32.1 Å². The van der Waals surface area contributed by atoms with Crippen LogP contribution < -0.4 is 0 Å². The Morgan fingerprint density at radius 1 is 1.20 bits per heavy atom. The van der Waals surface area contributed by atoms with E-state index < -0.39 is 0 Å². The molecule has 0 radical (unpaired) electrons. The monoisotopic (exact) mass is 114 g/mol. The summed E-state index contributed by atoms with van der Waals surface area (Å²) in [5, 5.41) is 0. The highest BCUT2D eigenvalue weighted by Crippen LogP contribution is 1.78. The molecule has 0 unspecified atom stereocenters. The topological polar surface area (TPSA) is 18.5 Å². The first-order chi connectivity index (χ1) is 2.41. The Hall–Kier alpha value is 0.565. The lowest BCUT2D eigenvalue weighted by Crippen LogP contribution is -1.84. The van der Waals surface area contributed by atoms with Crippen molar-refractivity contribution >= 4 is 31.4 Å². The third-order valence-corrected chi connectivity index (χ3v) is 0.267. The van der Waals surface area contributed by atoms with Crippen LogP contribution in [0.5, 0.6) is 0 Å². The van der Waals surface area contributed by atoms with Gasteiger partial charge in [-0.3, -0.25) is 0 Å². The highest BCUT2D eigenvalue weighted by molar-refractivity contribution is 6.36. The van der Waals surface area contributed by atoms with Crippen LogP contribution in [0.3, 0.4) is 0 Å². The van der Waals surface area contributed by atoms with Crippen molar-refractivity contribution in [2.24, 2.45) is 0 Å². The fourth-order valence-electron chi connectivity index (χ4n) is 0.0168. The molecule has 0 aliphatic rings. The molecule has 5 heavy (non-hydrogen) atoms.